The number of aromatic nitrogens is 3. The van der Waals surface area contributed by atoms with E-state index in [1.54, 1.807) is 38.1 Å². The van der Waals surface area contributed by atoms with Gasteiger partial charge in [-0.15, -0.1) is 5.10 Å². The second-order valence-corrected chi connectivity index (χ2v) is 6.65. The van der Waals surface area contributed by atoms with Crippen molar-refractivity contribution < 1.29 is 9.59 Å². The van der Waals surface area contributed by atoms with Crippen molar-refractivity contribution in [2.75, 3.05) is 10.6 Å². The molecule has 0 aliphatic rings. The lowest BCUT2D eigenvalue weighted by atomic mass is 10.1. The molecule has 0 saturated carbocycles. The third-order valence-electron chi connectivity index (χ3n) is 4.29. The van der Waals surface area contributed by atoms with Crippen LogP contribution in [-0.2, 0) is 4.79 Å². The number of nitrogens with one attached hydrogen (secondary N) is 2. The minimum atomic E-state index is -0.354. The largest absolute Gasteiger partial charge is 0.326 e. The lowest BCUT2D eigenvalue weighted by Crippen LogP contribution is -2.15. The molecule has 0 aliphatic heterocycles. The summed E-state index contributed by atoms with van der Waals surface area (Å²) < 4.78 is 0. The first kappa shape index (κ1) is 19.3. The van der Waals surface area contributed by atoms with E-state index in [0.29, 0.717) is 23.5 Å². The molecule has 0 saturated heterocycles. The van der Waals surface area contributed by atoms with Crippen LogP contribution in [0.15, 0.2) is 42.5 Å². The zero-order valence-electron chi connectivity index (χ0n) is 16.4. The molecule has 7 heteroatoms. The minimum absolute atomic E-state index is 0.0873. The van der Waals surface area contributed by atoms with E-state index in [0.717, 1.165) is 16.8 Å². The molecule has 2 aromatic carbocycles. The number of amides is 2. The lowest BCUT2D eigenvalue weighted by Gasteiger charge is -2.07. The highest BCUT2D eigenvalue weighted by atomic mass is 16.2. The molecule has 3 aromatic rings. The molecule has 0 spiro atoms. The molecule has 7 nitrogen and oxygen atoms in total. The van der Waals surface area contributed by atoms with Crippen LogP contribution in [0.4, 0.5) is 11.4 Å². The van der Waals surface area contributed by atoms with Crippen LogP contribution < -0.4 is 10.6 Å². The van der Waals surface area contributed by atoms with Gasteiger partial charge in [-0.25, -0.2) is 0 Å². The number of aryl methyl sites for hydroxylation is 3. The smallest absolute Gasteiger partial charge is 0.278 e. The second-order valence-electron chi connectivity index (χ2n) is 6.65. The number of carbonyl (C=O) groups is 2. The molecule has 0 atom stereocenters. The van der Waals surface area contributed by atoms with Gasteiger partial charge in [0, 0.05) is 17.8 Å². The third-order valence-corrected chi connectivity index (χ3v) is 4.29. The number of rotatable bonds is 5. The zero-order chi connectivity index (χ0) is 20.3. The summed E-state index contributed by atoms with van der Waals surface area (Å²) in [7, 11) is 0. The Kier molecular flexibility index (Phi) is 5.54. The van der Waals surface area contributed by atoms with Gasteiger partial charge in [0.1, 0.15) is 0 Å². The van der Waals surface area contributed by atoms with Gasteiger partial charge >= 0.3 is 0 Å². The maximum atomic E-state index is 12.7. The number of nitrogens with zero attached hydrogens (tertiary/aromatic N) is 3. The fourth-order valence-electron chi connectivity index (χ4n) is 2.84. The van der Waals surface area contributed by atoms with Crippen LogP contribution in [0, 0.1) is 20.8 Å². The van der Waals surface area contributed by atoms with Crippen molar-refractivity contribution in [1.82, 2.24) is 15.0 Å². The van der Waals surface area contributed by atoms with E-state index < -0.39 is 0 Å². The van der Waals surface area contributed by atoms with E-state index in [1.807, 2.05) is 32.0 Å². The summed E-state index contributed by atoms with van der Waals surface area (Å²) in [5.41, 5.74) is 4.99. The van der Waals surface area contributed by atoms with Crippen molar-refractivity contribution in [2.24, 2.45) is 0 Å². The Morgan fingerprint density at radius 1 is 0.964 bits per heavy atom. The summed E-state index contributed by atoms with van der Waals surface area (Å²) in [6.07, 6.45) is 0.386. The van der Waals surface area contributed by atoms with Crippen molar-refractivity contribution in [3.8, 4) is 5.69 Å². The topological polar surface area (TPSA) is 88.9 Å². The van der Waals surface area contributed by atoms with Crippen molar-refractivity contribution in [3.63, 3.8) is 0 Å². The Hall–Kier alpha value is -3.48. The maximum absolute atomic E-state index is 12.7. The van der Waals surface area contributed by atoms with Crippen LogP contribution in [-0.4, -0.2) is 26.8 Å². The Balaban J connectivity index is 1.81. The van der Waals surface area contributed by atoms with Crippen LogP contribution in [0.3, 0.4) is 0 Å². The van der Waals surface area contributed by atoms with Crippen molar-refractivity contribution in [2.45, 2.75) is 34.1 Å². The van der Waals surface area contributed by atoms with Gasteiger partial charge in [0.15, 0.2) is 5.69 Å². The summed E-state index contributed by atoms with van der Waals surface area (Å²) in [6.45, 7) is 7.54. The van der Waals surface area contributed by atoms with Gasteiger partial charge in [0.25, 0.3) is 5.91 Å². The van der Waals surface area contributed by atoms with Crippen LogP contribution in [0.5, 0.6) is 0 Å². The van der Waals surface area contributed by atoms with Crippen LogP contribution in [0.1, 0.15) is 40.7 Å². The van der Waals surface area contributed by atoms with E-state index in [1.165, 1.54) is 4.80 Å². The predicted molar refractivity (Wildman–Crippen MR) is 109 cm³/mol. The van der Waals surface area contributed by atoms with Gasteiger partial charge in [-0.2, -0.15) is 9.90 Å². The van der Waals surface area contributed by atoms with Crippen molar-refractivity contribution in [1.29, 1.82) is 0 Å². The van der Waals surface area contributed by atoms with E-state index in [-0.39, 0.29) is 17.5 Å². The number of anilines is 2. The first-order valence-electron chi connectivity index (χ1n) is 9.10. The average molecular weight is 377 g/mol. The number of hydrogen-bond donors (Lipinski definition) is 2. The van der Waals surface area contributed by atoms with Gasteiger partial charge in [0.2, 0.25) is 5.91 Å². The lowest BCUT2D eigenvalue weighted by molar-refractivity contribution is -0.115. The SMILES string of the molecule is CCC(=O)Nc1cccc(NC(=O)c2nn(-c3ccc(C)cc3C)nc2C)c1. The summed E-state index contributed by atoms with van der Waals surface area (Å²) in [5, 5.41) is 14.3. The first-order chi connectivity index (χ1) is 13.4. The zero-order valence-corrected chi connectivity index (χ0v) is 16.4. The minimum Gasteiger partial charge on any atom is -0.326 e. The Morgan fingerprint density at radius 3 is 2.36 bits per heavy atom. The Labute approximate surface area is 163 Å². The Morgan fingerprint density at radius 2 is 1.68 bits per heavy atom. The van der Waals surface area contributed by atoms with Crippen molar-refractivity contribution >= 4 is 23.2 Å². The van der Waals surface area contributed by atoms with Gasteiger partial charge in [-0.3, -0.25) is 9.59 Å². The molecule has 0 fully saturated rings. The highest BCUT2D eigenvalue weighted by molar-refractivity contribution is 6.04. The molecule has 0 unspecified atom stereocenters. The molecule has 2 amide bonds. The standard InChI is InChI=1S/C21H23N5O2/c1-5-19(27)22-16-7-6-8-17(12-16)23-21(28)20-15(4)24-26(25-20)18-10-9-13(2)11-14(18)3/h6-12H,5H2,1-4H3,(H,22,27)(H,23,28). The molecular formula is C21H23N5O2. The average Bonchev–Trinajstić information content (AvgIpc) is 3.03. The predicted octanol–water partition coefficient (Wildman–Crippen LogP) is 3.79. The molecule has 1 aromatic heterocycles. The highest BCUT2D eigenvalue weighted by Crippen LogP contribution is 2.18. The summed E-state index contributed by atoms with van der Waals surface area (Å²) in [6, 6.07) is 13.0. The maximum Gasteiger partial charge on any atom is 0.278 e. The molecule has 0 bridgehead atoms. The molecule has 0 aliphatic carbocycles. The van der Waals surface area contributed by atoms with E-state index in [2.05, 4.69) is 20.8 Å². The van der Waals surface area contributed by atoms with Crippen LogP contribution >= 0.6 is 0 Å². The summed E-state index contributed by atoms with van der Waals surface area (Å²) in [5.74, 6) is -0.441. The first-order valence-corrected chi connectivity index (χ1v) is 9.10. The van der Waals surface area contributed by atoms with Crippen molar-refractivity contribution in [3.05, 3.63) is 65.0 Å². The fourth-order valence-corrected chi connectivity index (χ4v) is 2.84. The van der Waals surface area contributed by atoms with E-state index >= 15 is 0 Å². The molecular weight excluding hydrogens is 354 g/mol. The number of carbonyl (C=O) groups excluding carboxylic acids is 2. The Bertz CT molecular complexity index is 1040. The highest BCUT2D eigenvalue weighted by Gasteiger charge is 2.17. The molecule has 144 valence electrons. The van der Waals surface area contributed by atoms with Gasteiger partial charge in [-0.1, -0.05) is 30.7 Å². The van der Waals surface area contributed by atoms with Gasteiger partial charge in [0.05, 0.1) is 11.4 Å². The van der Waals surface area contributed by atoms with E-state index in [4.69, 9.17) is 0 Å². The molecule has 2 N–H and O–H groups in total. The van der Waals surface area contributed by atoms with Gasteiger partial charge < -0.3 is 10.6 Å². The fraction of sp³-hybridized carbons (Fsp3) is 0.238. The van der Waals surface area contributed by atoms with E-state index in [9.17, 15) is 9.59 Å². The normalized spacial score (nSPS) is 10.6. The van der Waals surface area contributed by atoms with Crippen LogP contribution in [0.2, 0.25) is 0 Å². The molecule has 28 heavy (non-hydrogen) atoms. The summed E-state index contributed by atoms with van der Waals surface area (Å²) >= 11 is 0. The van der Waals surface area contributed by atoms with Crippen LogP contribution in [0.25, 0.3) is 5.69 Å². The number of hydrogen-bond acceptors (Lipinski definition) is 4. The molecule has 3 rings (SSSR count). The monoisotopic (exact) mass is 377 g/mol. The summed E-state index contributed by atoms with van der Waals surface area (Å²) in [4.78, 5) is 25.7. The van der Waals surface area contributed by atoms with Gasteiger partial charge in [-0.05, 0) is 50.6 Å². The molecule has 1 heterocycles. The quantitative estimate of drug-likeness (QED) is 0.708. The third kappa shape index (κ3) is 4.25. The molecule has 0 radical (unpaired) electrons. The second kappa shape index (κ2) is 8.04. The number of benzene rings is 2.